The number of rotatable bonds is 12. The molecule has 1 heterocycles. The van der Waals surface area contributed by atoms with Crippen molar-refractivity contribution in [1.82, 2.24) is 5.32 Å². The van der Waals surface area contributed by atoms with E-state index in [9.17, 15) is 0 Å². The highest BCUT2D eigenvalue weighted by Gasteiger charge is 2.05. The van der Waals surface area contributed by atoms with E-state index in [1.165, 1.54) is 0 Å². The van der Waals surface area contributed by atoms with Crippen molar-refractivity contribution in [3.8, 4) is 0 Å². The molecule has 0 aliphatic rings. The average Bonchev–Trinajstić information content (AvgIpc) is 2.87. The number of nitrogens with one attached hydrogen (secondary N) is 1. The van der Waals surface area contributed by atoms with Crippen LogP contribution in [0.15, 0.2) is 16.7 Å². The minimum absolute atomic E-state index is 0.568. The molecule has 1 aromatic rings. The summed E-state index contributed by atoms with van der Waals surface area (Å²) in [7, 11) is 1.69. The zero-order valence-electron chi connectivity index (χ0n) is 11.9. The highest BCUT2D eigenvalue weighted by atomic mass is 16.5. The van der Waals surface area contributed by atoms with E-state index in [0.717, 1.165) is 37.4 Å². The van der Waals surface area contributed by atoms with Gasteiger partial charge in [0.2, 0.25) is 0 Å². The first-order chi connectivity index (χ1) is 9.38. The molecule has 0 atom stereocenters. The van der Waals surface area contributed by atoms with E-state index in [0.29, 0.717) is 26.4 Å². The molecule has 0 aromatic carbocycles. The normalized spacial score (nSPS) is 11.1. The van der Waals surface area contributed by atoms with Crippen LogP contribution in [0.1, 0.15) is 24.7 Å². The maximum atomic E-state index is 5.56. The third-order valence-electron chi connectivity index (χ3n) is 2.64. The molecule has 0 radical (unpaired) electrons. The van der Waals surface area contributed by atoms with E-state index >= 15 is 0 Å². The monoisotopic (exact) mass is 271 g/mol. The van der Waals surface area contributed by atoms with Crippen molar-refractivity contribution >= 4 is 0 Å². The summed E-state index contributed by atoms with van der Waals surface area (Å²) in [5, 5.41) is 3.24. The smallest absolute Gasteiger partial charge is 0.123 e. The van der Waals surface area contributed by atoms with Crippen molar-refractivity contribution in [1.29, 1.82) is 0 Å². The van der Waals surface area contributed by atoms with Gasteiger partial charge >= 0.3 is 0 Å². The van der Waals surface area contributed by atoms with Crippen LogP contribution in [0.2, 0.25) is 0 Å². The Balaban J connectivity index is 2.04. The van der Waals surface area contributed by atoms with Crippen LogP contribution in [0.5, 0.6) is 0 Å². The molecule has 1 rings (SSSR count). The van der Waals surface area contributed by atoms with E-state index in [-0.39, 0.29) is 0 Å². The molecule has 0 saturated carbocycles. The molecule has 0 aliphatic heterocycles. The van der Waals surface area contributed by atoms with Gasteiger partial charge in [-0.05, 0) is 19.0 Å². The molecule has 0 amide bonds. The van der Waals surface area contributed by atoms with Gasteiger partial charge in [0.15, 0.2) is 0 Å². The van der Waals surface area contributed by atoms with E-state index < -0.39 is 0 Å². The van der Waals surface area contributed by atoms with Crippen molar-refractivity contribution in [3.05, 3.63) is 23.7 Å². The summed E-state index contributed by atoms with van der Waals surface area (Å²) >= 11 is 0. The van der Waals surface area contributed by atoms with Gasteiger partial charge in [-0.2, -0.15) is 0 Å². The zero-order valence-corrected chi connectivity index (χ0v) is 11.9. The summed E-state index contributed by atoms with van der Waals surface area (Å²) in [6.45, 7) is 6.98. The van der Waals surface area contributed by atoms with Crippen LogP contribution < -0.4 is 5.32 Å². The molecule has 5 nitrogen and oxygen atoms in total. The third-order valence-corrected chi connectivity index (χ3v) is 2.64. The van der Waals surface area contributed by atoms with E-state index in [4.69, 9.17) is 18.6 Å². The van der Waals surface area contributed by atoms with E-state index in [2.05, 4.69) is 12.2 Å². The fraction of sp³-hybridized carbons (Fsp3) is 0.714. The summed E-state index contributed by atoms with van der Waals surface area (Å²) in [6, 6.07) is 1.95. The van der Waals surface area contributed by atoms with Crippen molar-refractivity contribution in [2.75, 3.05) is 40.1 Å². The molecule has 0 aliphatic carbocycles. The lowest BCUT2D eigenvalue weighted by molar-refractivity contribution is 0.0332. The molecule has 19 heavy (non-hydrogen) atoms. The van der Waals surface area contributed by atoms with Gasteiger partial charge in [-0.1, -0.05) is 6.92 Å². The summed E-state index contributed by atoms with van der Waals surface area (Å²) in [5.41, 5.74) is 1.10. The molecular weight excluding hydrogens is 246 g/mol. The lowest BCUT2D eigenvalue weighted by Crippen LogP contribution is -2.13. The largest absolute Gasteiger partial charge is 0.468 e. The van der Waals surface area contributed by atoms with Crippen molar-refractivity contribution in [2.24, 2.45) is 0 Å². The maximum Gasteiger partial charge on any atom is 0.123 e. The van der Waals surface area contributed by atoms with Gasteiger partial charge in [-0.3, -0.25) is 0 Å². The highest BCUT2D eigenvalue weighted by Crippen LogP contribution is 2.11. The first-order valence-electron chi connectivity index (χ1n) is 6.78. The Hall–Kier alpha value is -0.880. The van der Waals surface area contributed by atoms with Crippen LogP contribution in [-0.4, -0.2) is 40.1 Å². The van der Waals surface area contributed by atoms with Crippen LogP contribution >= 0.6 is 0 Å². The molecule has 0 spiro atoms. The molecule has 0 unspecified atom stereocenters. The quantitative estimate of drug-likeness (QED) is 0.589. The van der Waals surface area contributed by atoms with E-state index in [1.54, 1.807) is 13.4 Å². The van der Waals surface area contributed by atoms with Crippen LogP contribution in [0, 0.1) is 0 Å². The van der Waals surface area contributed by atoms with Crippen molar-refractivity contribution < 1.29 is 18.6 Å². The Morgan fingerprint density at radius 1 is 1.16 bits per heavy atom. The summed E-state index contributed by atoms with van der Waals surface area (Å²) in [6.07, 6.45) is 2.62. The summed E-state index contributed by atoms with van der Waals surface area (Å²) in [4.78, 5) is 0. The second kappa shape index (κ2) is 11.0. The zero-order chi connectivity index (χ0) is 13.8. The minimum Gasteiger partial charge on any atom is -0.468 e. The van der Waals surface area contributed by atoms with Gasteiger partial charge in [0.25, 0.3) is 0 Å². The van der Waals surface area contributed by atoms with Crippen molar-refractivity contribution in [2.45, 2.75) is 26.5 Å². The fourth-order valence-electron chi connectivity index (χ4n) is 1.60. The van der Waals surface area contributed by atoms with Gasteiger partial charge in [-0.15, -0.1) is 0 Å². The maximum absolute atomic E-state index is 5.56. The second-order valence-electron chi connectivity index (χ2n) is 4.16. The number of hydrogen-bond donors (Lipinski definition) is 1. The summed E-state index contributed by atoms with van der Waals surface area (Å²) in [5.74, 6) is 0.947. The Morgan fingerprint density at radius 2 is 2.00 bits per heavy atom. The van der Waals surface area contributed by atoms with Gasteiger partial charge in [0.05, 0.1) is 32.6 Å². The predicted octanol–water partition coefficient (Wildman–Crippen LogP) is 1.96. The number of methoxy groups -OCH3 is 1. The molecule has 5 heteroatoms. The Labute approximate surface area is 115 Å². The molecule has 110 valence electrons. The van der Waals surface area contributed by atoms with Crippen molar-refractivity contribution in [3.63, 3.8) is 0 Å². The first kappa shape index (κ1) is 16.2. The number of ether oxygens (including phenoxy) is 3. The Morgan fingerprint density at radius 3 is 2.79 bits per heavy atom. The fourth-order valence-corrected chi connectivity index (χ4v) is 1.60. The van der Waals surface area contributed by atoms with E-state index in [1.807, 2.05) is 6.07 Å². The predicted molar refractivity (Wildman–Crippen MR) is 73.1 cm³/mol. The molecule has 1 aromatic heterocycles. The molecule has 0 fully saturated rings. The average molecular weight is 271 g/mol. The van der Waals surface area contributed by atoms with Gasteiger partial charge in [0.1, 0.15) is 5.76 Å². The first-order valence-corrected chi connectivity index (χ1v) is 6.78. The van der Waals surface area contributed by atoms with Crippen LogP contribution in [0.25, 0.3) is 0 Å². The SMILES string of the molecule is CCNCc1occc1COCCOCCCOC. The third kappa shape index (κ3) is 7.32. The topological polar surface area (TPSA) is 52.9 Å². The molecule has 0 bridgehead atoms. The van der Waals surface area contributed by atoms with Crippen LogP contribution in [0.4, 0.5) is 0 Å². The number of furan rings is 1. The van der Waals surface area contributed by atoms with Crippen LogP contribution in [-0.2, 0) is 27.4 Å². The standard InChI is InChI=1S/C14H25NO4/c1-3-15-11-14-13(5-8-19-14)12-18-10-9-17-7-4-6-16-2/h5,8,15H,3-4,6-7,9-12H2,1-2H3. The highest BCUT2D eigenvalue weighted by molar-refractivity contribution is 5.15. The second-order valence-corrected chi connectivity index (χ2v) is 4.16. The Kier molecular flexibility index (Phi) is 9.36. The van der Waals surface area contributed by atoms with Gasteiger partial charge in [-0.25, -0.2) is 0 Å². The molecule has 0 saturated heterocycles. The minimum atomic E-state index is 0.568. The molecule has 1 N–H and O–H groups in total. The lowest BCUT2D eigenvalue weighted by atomic mass is 10.2. The van der Waals surface area contributed by atoms with Gasteiger partial charge in [0, 0.05) is 25.9 Å². The Bertz CT molecular complexity index is 314. The van der Waals surface area contributed by atoms with Gasteiger partial charge < -0.3 is 23.9 Å². The summed E-state index contributed by atoms with van der Waals surface area (Å²) < 4.78 is 21.3. The molecular formula is C14H25NO4. The van der Waals surface area contributed by atoms with Crippen LogP contribution in [0.3, 0.4) is 0 Å². The lowest BCUT2D eigenvalue weighted by Gasteiger charge is -2.06. The number of hydrogen-bond acceptors (Lipinski definition) is 5.